The van der Waals surface area contributed by atoms with Crippen molar-refractivity contribution in [3.8, 4) is 11.3 Å². The molecule has 0 atom stereocenters. The number of benzene rings is 2. The van der Waals surface area contributed by atoms with Gasteiger partial charge in [-0.05, 0) is 5.56 Å². The minimum atomic E-state index is -3.56. The number of nitrogens with zero attached hydrogens (tertiary/aromatic N) is 3. The van der Waals surface area contributed by atoms with E-state index in [1.807, 2.05) is 48.5 Å². The zero-order chi connectivity index (χ0) is 14.7. The highest BCUT2D eigenvalue weighted by atomic mass is 32.2. The summed E-state index contributed by atoms with van der Waals surface area (Å²) in [6.07, 6.45) is 1.44. The summed E-state index contributed by atoms with van der Waals surface area (Å²) in [6.45, 7) is 0. The standard InChI is InChI=1S/C15H13N3O2S/c19-21(20,12-13-7-3-1-4-8-13)18-11-15(16-17-18)14-9-5-2-6-10-14/h1-11H,12H2. The molecule has 1 heterocycles. The summed E-state index contributed by atoms with van der Waals surface area (Å²) in [5.41, 5.74) is 2.08. The molecule has 0 saturated heterocycles. The molecule has 0 fully saturated rings. The Morgan fingerprint density at radius 2 is 1.52 bits per heavy atom. The van der Waals surface area contributed by atoms with Gasteiger partial charge in [-0.3, -0.25) is 0 Å². The fourth-order valence-corrected chi connectivity index (χ4v) is 3.13. The molecule has 0 aliphatic carbocycles. The van der Waals surface area contributed by atoms with Crippen molar-refractivity contribution in [2.45, 2.75) is 5.75 Å². The van der Waals surface area contributed by atoms with E-state index < -0.39 is 10.0 Å². The van der Waals surface area contributed by atoms with Gasteiger partial charge in [0, 0.05) is 5.56 Å². The molecule has 0 radical (unpaired) electrons. The van der Waals surface area contributed by atoms with E-state index in [-0.39, 0.29) is 5.75 Å². The van der Waals surface area contributed by atoms with Crippen LogP contribution in [0.25, 0.3) is 11.3 Å². The van der Waals surface area contributed by atoms with E-state index in [0.29, 0.717) is 11.3 Å². The molecular formula is C15H13N3O2S. The van der Waals surface area contributed by atoms with Crippen LogP contribution in [0.4, 0.5) is 0 Å². The van der Waals surface area contributed by atoms with E-state index in [9.17, 15) is 8.42 Å². The maximum absolute atomic E-state index is 12.3. The van der Waals surface area contributed by atoms with Crippen molar-refractivity contribution < 1.29 is 8.42 Å². The minimum absolute atomic E-state index is 0.106. The van der Waals surface area contributed by atoms with Gasteiger partial charge in [0.05, 0.1) is 11.9 Å². The first-order valence-electron chi connectivity index (χ1n) is 6.40. The average molecular weight is 299 g/mol. The van der Waals surface area contributed by atoms with Gasteiger partial charge < -0.3 is 0 Å². The summed E-state index contributed by atoms with van der Waals surface area (Å²) >= 11 is 0. The van der Waals surface area contributed by atoms with E-state index in [1.165, 1.54) is 6.20 Å². The van der Waals surface area contributed by atoms with Gasteiger partial charge in [0.15, 0.2) is 0 Å². The van der Waals surface area contributed by atoms with Gasteiger partial charge in [-0.25, -0.2) is 8.42 Å². The number of rotatable bonds is 4. The van der Waals surface area contributed by atoms with Gasteiger partial charge in [0.1, 0.15) is 5.69 Å². The van der Waals surface area contributed by atoms with Gasteiger partial charge in [0.2, 0.25) is 0 Å². The normalized spacial score (nSPS) is 11.4. The van der Waals surface area contributed by atoms with Crippen LogP contribution in [0.2, 0.25) is 0 Å². The molecule has 3 rings (SSSR count). The van der Waals surface area contributed by atoms with E-state index in [2.05, 4.69) is 10.3 Å². The third-order valence-corrected chi connectivity index (χ3v) is 4.47. The first kappa shape index (κ1) is 13.5. The lowest BCUT2D eigenvalue weighted by molar-refractivity contribution is 0.576. The monoisotopic (exact) mass is 299 g/mol. The minimum Gasteiger partial charge on any atom is -0.204 e. The fourth-order valence-electron chi connectivity index (χ4n) is 1.98. The van der Waals surface area contributed by atoms with Crippen molar-refractivity contribution in [1.29, 1.82) is 0 Å². The van der Waals surface area contributed by atoms with Gasteiger partial charge in [-0.15, -0.1) is 9.19 Å². The quantitative estimate of drug-likeness (QED) is 0.741. The SMILES string of the molecule is O=S(=O)(Cc1ccccc1)n1cc(-c2ccccc2)nn1. The van der Waals surface area contributed by atoms with Gasteiger partial charge in [-0.2, -0.15) is 0 Å². The molecule has 0 saturated carbocycles. The highest BCUT2D eigenvalue weighted by molar-refractivity contribution is 7.89. The topological polar surface area (TPSA) is 64.8 Å². The lowest BCUT2D eigenvalue weighted by Crippen LogP contribution is -2.15. The van der Waals surface area contributed by atoms with Crippen LogP contribution in [0.5, 0.6) is 0 Å². The summed E-state index contributed by atoms with van der Waals surface area (Å²) in [7, 11) is -3.56. The molecule has 0 N–H and O–H groups in total. The summed E-state index contributed by atoms with van der Waals surface area (Å²) in [5.74, 6) is -0.106. The lowest BCUT2D eigenvalue weighted by Gasteiger charge is -2.02. The van der Waals surface area contributed by atoms with E-state index >= 15 is 0 Å². The van der Waals surface area contributed by atoms with Crippen molar-refractivity contribution in [2.75, 3.05) is 0 Å². The van der Waals surface area contributed by atoms with Crippen LogP contribution < -0.4 is 0 Å². The predicted molar refractivity (Wildman–Crippen MR) is 79.9 cm³/mol. The number of aromatic nitrogens is 3. The zero-order valence-electron chi connectivity index (χ0n) is 11.1. The molecule has 0 bridgehead atoms. The molecule has 21 heavy (non-hydrogen) atoms. The zero-order valence-corrected chi connectivity index (χ0v) is 11.9. The maximum atomic E-state index is 12.3. The fraction of sp³-hybridized carbons (Fsp3) is 0.0667. The van der Waals surface area contributed by atoms with Crippen LogP contribution in [0, 0.1) is 0 Å². The molecule has 0 unspecified atom stereocenters. The van der Waals surface area contributed by atoms with Crippen LogP contribution in [0.15, 0.2) is 66.9 Å². The molecule has 106 valence electrons. The Morgan fingerprint density at radius 1 is 0.905 bits per heavy atom. The second-order valence-corrected chi connectivity index (χ2v) is 6.41. The van der Waals surface area contributed by atoms with Gasteiger partial charge in [-0.1, -0.05) is 65.9 Å². The molecule has 2 aromatic carbocycles. The molecule has 3 aromatic rings. The first-order valence-corrected chi connectivity index (χ1v) is 8.01. The number of hydrogen-bond donors (Lipinski definition) is 0. The van der Waals surface area contributed by atoms with Crippen LogP contribution >= 0.6 is 0 Å². The third-order valence-electron chi connectivity index (χ3n) is 3.02. The summed E-state index contributed by atoms with van der Waals surface area (Å²) in [5, 5.41) is 7.67. The van der Waals surface area contributed by atoms with Crippen LogP contribution in [-0.2, 0) is 15.8 Å². The second-order valence-electron chi connectivity index (χ2n) is 4.58. The second kappa shape index (κ2) is 5.49. The Kier molecular flexibility index (Phi) is 3.53. The van der Waals surface area contributed by atoms with Gasteiger partial charge in [0.25, 0.3) is 10.0 Å². The lowest BCUT2D eigenvalue weighted by atomic mass is 10.2. The Hall–Kier alpha value is -2.47. The van der Waals surface area contributed by atoms with Crippen LogP contribution in [0.3, 0.4) is 0 Å². The van der Waals surface area contributed by atoms with E-state index in [1.54, 1.807) is 12.1 Å². The molecule has 6 heteroatoms. The Morgan fingerprint density at radius 3 is 2.19 bits per heavy atom. The summed E-state index contributed by atoms with van der Waals surface area (Å²) in [6, 6.07) is 18.3. The van der Waals surface area contributed by atoms with Crippen LogP contribution in [-0.4, -0.2) is 22.8 Å². The molecular weight excluding hydrogens is 286 g/mol. The predicted octanol–water partition coefficient (Wildman–Crippen LogP) is 2.32. The Bertz CT molecular complexity index is 828. The molecule has 1 aromatic heterocycles. The van der Waals surface area contributed by atoms with E-state index in [0.717, 1.165) is 9.65 Å². The Labute approximate surface area is 122 Å². The Balaban J connectivity index is 1.89. The smallest absolute Gasteiger partial charge is 0.204 e. The molecule has 0 aliphatic rings. The number of hydrogen-bond acceptors (Lipinski definition) is 4. The van der Waals surface area contributed by atoms with Crippen molar-refractivity contribution >= 4 is 10.0 Å². The molecule has 0 aliphatic heterocycles. The highest BCUT2D eigenvalue weighted by Crippen LogP contribution is 2.16. The van der Waals surface area contributed by atoms with E-state index in [4.69, 9.17) is 0 Å². The largest absolute Gasteiger partial charge is 0.259 e. The van der Waals surface area contributed by atoms with Crippen LogP contribution in [0.1, 0.15) is 5.56 Å². The van der Waals surface area contributed by atoms with Crippen molar-refractivity contribution in [1.82, 2.24) is 14.4 Å². The average Bonchev–Trinajstić information content (AvgIpc) is 2.99. The summed E-state index contributed by atoms with van der Waals surface area (Å²) in [4.78, 5) is 0. The third kappa shape index (κ3) is 3.00. The maximum Gasteiger partial charge on any atom is 0.259 e. The summed E-state index contributed by atoms with van der Waals surface area (Å²) < 4.78 is 25.5. The van der Waals surface area contributed by atoms with Crippen molar-refractivity contribution in [3.63, 3.8) is 0 Å². The van der Waals surface area contributed by atoms with Gasteiger partial charge >= 0.3 is 0 Å². The molecule has 0 spiro atoms. The first-order chi connectivity index (χ1) is 10.1. The highest BCUT2D eigenvalue weighted by Gasteiger charge is 2.17. The molecule has 0 amide bonds. The van der Waals surface area contributed by atoms with Crippen molar-refractivity contribution in [3.05, 3.63) is 72.4 Å². The van der Waals surface area contributed by atoms with Crippen molar-refractivity contribution in [2.24, 2.45) is 0 Å². The molecule has 5 nitrogen and oxygen atoms in total.